The van der Waals surface area contributed by atoms with Gasteiger partial charge in [-0.2, -0.15) is 0 Å². The van der Waals surface area contributed by atoms with Crippen molar-refractivity contribution in [3.8, 4) is 11.5 Å². The van der Waals surface area contributed by atoms with Crippen LogP contribution in [0.4, 0.5) is 13.2 Å². The first-order chi connectivity index (χ1) is 9.32. The SMILES string of the molecule is COC(=O)Cc1ncc(CCl)c(OC(F)(F)F)c1OC. The number of hydrogen-bond donors (Lipinski definition) is 0. The monoisotopic (exact) mass is 313 g/mol. The number of hydrogen-bond acceptors (Lipinski definition) is 5. The van der Waals surface area contributed by atoms with Crippen molar-refractivity contribution in [2.45, 2.75) is 18.7 Å². The third kappa shape index (κ3) is 4.16. The Labute approximate surface area is 117 Å². The van der Waals surface area contributed by atoms with Crippen LogP contribution in [0.15, 0.2) is 6.20 Å². The van der Waals surface area contributed by atoms with Gasteiger partial charge in [0.2, 0.25) is 0 Å². The summed E-state index contributed by atoms with van der Waals surface area (Å²) in [6.45, 7) is 0. The molecule has 1 aromatic heterocycles. The summed E-state index contributed by atoms with van der Waals surface area (Å²) in [5.41, 5.74) is -0.0399. The average Bonchev–Trinajstić information content (AvgIpc) is 2.37. The van der Waals surface area contributed by atoms with Gasteiger partial charge >= 0.3 is 12.3 Å². The normalized spacial score (nSPS) is 11.1. The van der Waals surface area contributed by atoms with Crippen molar-refractivity contribution in [3.05, 3.63) is 17.5 Å². The zero-order valence-electron chi connectivity index (χ0n) is 10.6. The molecule has 0 aliphatic rings. The van der Waals surface area contributed by atoms with Crippen molar-refractivity contribution in [3.63, 3.8) is 0 Å². The van der Waals surface area contributed by atoms with E-state index >= 15 is 0 Å². The van der Waals surface area contributed by atoms with E-state index in [0.717, 1.165) is 20.4 Å². The third-order valence-corrected chi connectivity index (χ3v) is 2.53. The van der Waals surface area contributed by atoms with Crippen LogP contribution < -0.4 is 9.47 Å². The van der Waals surface area contributed by atoms with Crippen LogP contribution in [0.5, 0.6) is 11.5 Å². The van der Waals surface area contributed by atoms with Gasteiger partial charge in [0.05, 0.1) is 32.2 Å². The van der Waals surface area contributed by atoms with Crippen LogP contribution in [0.25, 0.3) is 0 Å². The van der Waals surface area contributed by atoms with Crippen LogP contribution in [0.2, 0.25) is 0 Å². The van der Waals surface area contributed by atoms with Gasteiger partial charge in [-0.25, -0.2) is 0 Å². The topological polar surface area (TPSA) is 57.7 Å². The number of pyridine rings is 1. The molecule has 0 fully saturated rings. The van der Waals surface area contributed by atoms with Gasteiger partial charge in [-0.15, -0.1) is 24.8 Å². The Morgan fingerprint density at radius 2 is 2.00 bits per heavy atom. The van der Waals surface area contributed by atoms with Gasteiger partial charge in [-0.1, -0.05) is 0 Å². The highest BCUT2D eigenvalue weighted by Gasteiger charge is 2.34. The molecule has 20 heavy (non-hydrogen) atoms. The molecule has 0 spiro atoms. The summed E-state index contributed by atoms with van der Waals surface area (Å²) in [6.07, 6.45) is -4.18. The van der Waals surface area contributed by atoms with Crippen LogP contribution in [-0.2, 0) is 21.8 Å². The predicted octanol–water partition coefficient (Wildman–Crippen LogP) is 2.44. The molecule has 1 aromatic rings. The van der Waals surface area contributed by atoms with E-state index in [1.807, 2.05) is 0 Å². The standard InChI is InChI=1S/C11H11ClF3NO4/c1-18-8(17)3-7-10(19-2)9(20-11(13,14)15)6(4-12)5-16-7/h5H,3-4H2,1-2H3. The summed E-state index contributed by atoms with van der Waals surface area (Å²) in [5, 5.41) is 0. The molecule has 0 saturated heterocycles. The quantitative estimate of drug-likeness (QED) is 0.617. The molecular weight excluding hydrogens is 303 g/mol. The Bertz CT molecular complexity index is 493. The zero-order chi connectivity index (χ0) is 15.3. The van der Waals surface area contributed by atoms with Gasteiger partial charge in [-0.05, 0) is 0 Å². The van der Waals surface area contributed by atoms with Crippen molar-refractivity contribution >= 4 is 17.6 Å². The van der Waals surface area contributed by atoms with Crippen LogP contribution in [0.1, 0.15) is 11.3 Å². The van der Waals surface area contributed by atoms with E-state index in [9.17, 15) is 18.0 Å². The molecule has 112 valence electrons. The Hall–Kier alpha value is -1.70. The second-order valence-electron chi connectivity index (χ2n) is 3.53. The fourth-order valence-corrected chi connectivity index (χ4v) is 1.61. The highest BCUT2D eigenvalue weighted by atomic mass is 35.5. The van der Waals surface area contributed by atoms with Gasteiger partial charge in [-0.3, -0.25) is 9.78 Å². The molecule has 1 rings (SSSR count). The fraction of sp³-hybridized carbons (Fsp3) is 0.455. The van der Waals surface area contributed by atoms with Crippen molar-refractivity contribution in [2.75, 3.05) is 14.2 Å². The lowest BCUT2D eigenvalue weighted by molar-refractivity contribution is -0.275. The molecule has 5 nitrogen and oxygen atoms in total. The summed E-state index contributed by atoms with van der Waals surface area (Å²) < 4.78 is 50.4. The van der Waals surface area contributed by atoms with Crippen molar-refractivity contribution < 1.29 is 32.2 Å². The minimum absolute atomic E-state index is 0.00513. The van der Waals surface area contributed by atoms with Crippen molar-refractivity contribution in [1.29, 1.82) is 0 Å². The Morgan fingerprint density at radius 3 is 2.45 bits per heavy atom. The van der Waals surface area contributed by atoms with Gasteiger partial charge in [0.1, 0.15) is 0 Å². The minimum Gasteiger partial charge on any atom is -0.491 e. The molecule has 0 amide bonds. The summed E-state index contributed by atoms with van der Waals surface area (Å²) >= 11 is 5.54. The van der Waals surface area contributed by atoms with E-state index in [1.54, 1.807) is 0 Å². The maximum absolute atomic E-state index is 12.4. The Balaban J connectivity index is 3.28. The lowest BCUT2D eigenvalue weighted by atomic mass is 10.2. The van der Waals surface area contributed by atoms with Crippen molar-refractivity contribution in [2.24, 2.45) is 0 Å². The summed E-state index contributed by atoms with van der Waals surface area (Å²) in [6, 6.07) is 0. The van der Waals surface area contributed by atoms with E-state index < -0.39 is 18.1 Å². The van der Waals surface area contributed by atoms with Crippen molar-refractivity contribution in [1.82, 2.24) is 4.98 Å². The third-order valence-electron chi connectivity index (χ3n) is 2.24. The number of halogens is 4. The molecule has 0 radical (unpaired) electrons. The largest absolute Gasteiger partial charge is 0.573 e. The highest BCUT2D eigenvalue weighted by Crippen LogP contribution is 2.38. The number of rotatable bonds is 5. The molecule has 0 aromatic carbocycles. The smallest absolute Gasteiger partial charge is 0.491 e. The molecule has 0 saturated carbocycles. The van der Waals surface area contributed by atoms with E-state index in [4.69, 9.17) is 16.3 Å². The number of alkyl halides is 4. The Kier molecular flexibility index (Phi) is 5.43. The molecule has 1 heterocycles. The van der Waals surface area contributed by atoms with E-state index in [1.165, 1.54) is 0 Å². The van der Waals surface area contributed by atoms with E-state index in [0.29, 0.717) is 0 Å². The molecule has 0 aliphatic carbocycles. The summed E-state index contributed by atoms with van der Waals surface area (Å²) in [4.78, 5) is 15.0. The first-order valence-corrected chi connectivity index (χ1v) is 5.79. The number of nitrogens with zero attached hydrogens (tertiary/aromatic N) is 1. The van der Waals surface area contributed by atoms with Crippen LogP contribution in [0, 0.1) is 0 Å². The highest BCUT2D eigenvalue weighted by molar-refractivity contribution is 6.17. The number of carbonyl (C=O) groups excluding carboxylic acids is 1. The van der Waals surface area contributed by atoms with Gasteiger partial charge in [0.15, 0.2) is 11.5 Å². The van der Waals surface area contributed by atoms with Gasteiger partial charge < -0.3 is 14.2 Å². The maximum Gasteiger partial charge on any atom is 0.573 e. The second-order valence-corrected chi connectivity index (χ2v) is 3.79. The second kappa shape index (κ2) is 6.65. The fourth-order valence-electron chi connectivity index (χ4n) is 1.42. The number of carbonyl (C=O) groups is 1. The van der Waals surface area contributed by atoms with Crippen LogP contribution in [0.3, 0.4) is 0 Å². The first-order valence-electron chi connectivity index (χ1n) is 5.25. The van der Waals surface area contributed by atoms with E-state index in [2.05, 4.69) is 14.5 Å². The van der Waals surface area contributed by atoms with Gasteiger partial charge in [0, 0.05) is 11.8 Å². The number of methoxy groups -OCH3 is 2. The molecule has 0 aliphatic heterocycles. The van der Waals surface area contributed by atoms with Gasteiger partial charge in [0.25, 0.3) is 0 Å². The van der Waals surface area contributed by atoms with Crippen LogP contribution in [-0.4, -0.2) is 31.5 Å². The lowest BCUT2D eigenvalue weighted by Crippen LogP contribution is -2.19. The molecule has 9 heteroatoms. The molecule has 0 unspecified atom stereocenters. The minimum atomic E-state index is -4.92. The summed E-state index contributed by atoms with van der Waals surface area (Å²) in [7, 11) is 2.29. The zero-order valence-corrected chi connectivity index (χ0v) is 11.3. The molecular formula is C11H11ClF3NO4. The summed E-state index contributed by atoms with van der Waals surface area (Å²) in [5.74, 6) is -1.84. The Morgan fingerprint density at radius 1 is 1.35 bits per heavy atom. The molecule has 0 bridgehead atoms. The number of ether oxygens (including phenoxy) is 3. The average molecular weight is 314 g/mol. The maximum atomic E-state index is 12.4. The predicted molar refractivity (Wildman–Crippen MR) is 62.7 cm³/mol. The molecule has 0 atom stereocenters. The molecule has 0 N–H and O–H groups in total. The van der Waals surface area contributed by atoms with Crippen LogP contribution >= 0.6 is 11.6 Å². The number of esters is 1. The first kappa shape index (κ1) is 16.4. The number of aromatic nitrogens is 1. The lowest BCUT2D eigenvalue weighted by Gasteiger charge is -2.17. The van der Waals surface area contributed by atoms with E-state index in [-0.39, 0.29) is 29.3 Å².